The zero-order valence-corrected chi connectivity index (χ0v) is 39.9. The molecule has 1 aromatic rings. The fourth-order valence-corrected chi connectivity index (χ4v) is 9.31. The summed E-state index contributed by atoms with van der Waals surface area (Å²) in [5.74, 6) is -11.0. The number of fused-ring (bicyclic) bond motifs is 14. The fraction of sp³-hybridized carbons (Fsp3) is 0.562. The summed E-state index contributed by atoms with van der Waals surface area (Å²) in [4.78, 5) is 93.0. The van der Waals surface area contributed by atoms with Gasteiger partial charge in [-0.2, -0.15) is 0 Å². The Morgan fingerprint density at radius 2 is 1.55 bits per heavy atom. The molecule has 3 aliphatic heterocycles. The van der Waals surface area contributed by atoms with Gasteiger partial charge in [0.2, 0.25) is 17.5 Å². The highest BCUT2D eigenvalue weighted by molar-refractivity contribution is 8.04. The first kappa shape index (κ1) is 53.3. The maximum atomic E-state index is 14.7. The van der Waals surface area contributed by atoms with E-state index in [9.17, 15) is 48.9 Å². The molecule has 6 N–H and O–H groups in total. The van der Waals surface area contributed by atoms with E-state index in [1.54, 1.807) is 33.8 Å². The van der Waals surface area contributed by atoms with Crippen molar-refractivity contribution >= 4 is 52.9 Å². The number of phenolic OH excluding ortho intramolecular Hbond substituents is 1. The van der Waals surface area contributed by atoms with Crippen LogP contribution in [-0.2, 0) is 33.4 Å². The first-order valence-electron chi connectivity index (χ1n) is 22.2. The molecule has 5 bridgehead atoms. The van der Waals surface area contributed by atoms with Crippen LogP contribution in [0.4, 0.5) is 0 Å². The number of aliphatic hydroxyl groups is 2. The van der Waals surface area contributed by atoms with Crippen LogP contribution in [0.2, 0.25) is 0 Å². The number of methoxy groups -OCH3 is 1. The first-order valence-corrected chi connectivity index (χ1v) is 23.2. The fourth-order valence-electron chi connectivity index (χ4n) is 8.30. The van der Waals surface area contributed by atoms with Gasteiger partial charge < -0.3 is 50.0 Å². The number of esters is 1. The Kier molecular flexibility index (Phi) is 18.9. The smallest absolute Gasteiger partial charge is 0.312 e. The third kappa shape index (κ3) is 12.4. The van der Waals surface area contributed by atoms with E-state index in [1.807, 2.05) is 0 Å². The number of ketones is 3. The average Bonchev–Trinajstić information content (AvgIpc) is 3.53. The van der Waals surface area contributed by atoms with Gasteiger partial charge in [0, 0.05) is 80.9 Å². The van der Waals surface area contributed by atoms with Crippen LogP contribution < -0.4 is 15.4 Å². The van der Waals surface area contributed by atoms with Crippen LogP contribution in [0.3, 0.4) is 0 Å². The van der Waals surface area contributed by atoms with E-state index in [1.165, 1.54) is 53.0 Å². The number of rotatable bonds is 14. The number of amides is 2. The van der Waals surface area contributed by atoms with Gasteiger partial charge >= 0.3 is 17.7 Å². The molecule has 0 radical (unpaired) electrons. The minimum Gasteiger partial charge on any atom is -0.507 e. The summed E-state index contributed by atoms with van der Waals surface area (Å²) in [6, 6.07) is 0. The van der Waals surface area contributed by atoms with Gasteiger partial charge in [-0.15, -0.1) is 11.8 Å². The number of ether oxygens (including phenoxy) is 4. The molecule has 1 aliphatic carbocycles. The third-order valence-electron chi connectivity index (χ3n) is 12.4. The molecule has 0 fully saturated rings. The van der Waals surface area contributed by atoms with Crippen LogP contribution in [0, 0.1) is 30.6 Å². The predicted octanol–water partition coefficient (Wildman–Crippen LogP) is 5.62. The number of phenols is 1. The zero-order valence-electron chi connectivity index (χ0n) is 39.1. The van der Waals surface area contributed by atoms with Gasteiger partial charge in [0.1, 0.15) is 23.3 Å². The molecule has 9 atom stereocenters. The Hall–Kier alpha value is -5.30. The maximum Gasteiger partial charge on any atom is 0.312 e. The Labute approximate surface area is 389 Å². The number of hydrogen-bond acceptors (Lipinski definition) is 15. The van der Waals surface area contributed by atoms with Gasteiger partial charge in [-0.1, -0.05) is 65.2 Å². The molecule has 5 rings (SSSR count). The normalized spacial score (nSPS) is 29.0. The van der Waals surface area contributed by atoms with E-state index >= 15 is 0 Å². The lowest BCUT2D eigenvalue weighted by atomic mass is 9.78. The summed E-state index contributed by atoms with van der Waals surface area (Å²) >= 11 is 0.819. The van der Waals surface area contributed by atoms with Crippen molar-refractivity contribution in [3.8, 4) is 11.5 Å². The van der Waals surface area contributed by atoms with Gasteiger partial charge in [0.15, 0.2) is 0 Å². The SMILES string of the molecule is CO[C@H]1/C=C/O[C@@]2(C)Oc3c(C)c(O)c4c(c3C2=O)C(=O)C(SCCC(=O)NCCCCCCCC(=O)O)=C(NC(=O)/C(C)=C\C=C\[C@H](C)[C@H](O)[C@@H](C)[C@@H](O)[C@@H](C)[C@H](OC(C)=O)[C@@H]1C)C4=O. The van der Waals surface area contributed by atoms with E-state index < -0.39 is 112 Å². The van der Waals surface area contributed by atoms with Gasteiger partial charge in [0.05, 0.1) is 46.2 Å². The molecular formula is C48H64N2O15S. The second kappa shape index (κ2) is 23.4. The van der Waals surface area contributed by atoms with Crippen molar-refractivity contribution < 1.29 is 72.9 Å². The summed E-state index contributed by atoms with van der Waals surface area (Å²) in [6.45, 7) is 12.5. The van der Waals surface area contributed by atoms with Gasteiger partial charge in [0.25, 0.3) is 11.7 Å². The Morgan fingerprint density at radius 1 is 0.879 bits per heavy atom. The molecule has 4 aliphatic rings. The lowest BCUT2D eigenvalue weighted by Crippen LogP contribution is -2.46. The van der Waals surface area contributed by atoms with Gasteiger partial charge in [-0.05, 0) is 32.8 Å². The van der Waals surface area contributed by atoms with Crippen molar-refractivity contribution in [3.63, 3.8) is 0 Å². The maximum absolute atomic E-state index is 14.7. The van der Waals surface area contributed by atoms with Crippen LogP contribution in [0.15, 0.2) is 46.7 Å². The molecule has 0 aromatic heterocycles. The summed E-state index contributed by atoms with van der Waals surface area (Å²) < 4.78 is 23.5. The average molecular weight is 941 g/mol. The second-order valence-corrected chi connectivity index (χ2v) is 18.5. The molecule has 0 unspecified atom stereocenters. The number of carbonyl (C=O) groups excluding carboxylic acids is 6. The van der Waals surface area contributed by atoms with Crippen molar-refractivity contribution in [2.45, 2.75) is 131 Å². The summed E-state index contributed by atoms with van der Waals surface area (Å²) in [6.07, 6.45) is 6.76. The van der Waals surface area contributed by atoms with Crippen molar-refractivity contribution in [3.05, 3.63) is 69.0 Å². The van der Waals surface area contributed by atoms with E-state index in [0.29, 0.717) is 19.4 Å². The van der Waals surface area contributed by atoms with E-state index in [4.69, 9.17) is 24.1 Å². The van der Waals surface area contributed by atoms with E-state index in [0.717, 1.165) is 37.3 Å². The zero-order chi connectivity index (χ0) is 49.2. The number of carboxylic acids is 1. The van der Waals surface area contributed by atoms with E-state index in [-0.39, 0.29) is 51.9 Å². The highest BCUT2D eigenvalue weighted by Gasteiger charge is 2.53. The topological polar surface area (TPSA) is 261 Å². The quantitative estimate of drug-likeness (QED) is 0.0976. The molecule has 66 heavy (non-hydrogen) atoms. The molecule has 3 heterocycles. The molecule has 362 valence electrons. The minimum absolute atomic E-state index is 0.0265. The van der Waals surface area contributed by atoms with Crippen LogP contribution in [0.25, 0.3) is 0 Å². The van der Waals surface area contributed by atoms with Crippen LogP contribution in [-0.4, -0.2) is 111 Å². The van der Waals surface area contributed by atoms with Crippen LogP contribution >= 0.6 is 11.8 Å². The lowest BCUT2D eigenvalue weighted by Gasteiger charge is -2.38. The minimum atomic E-state index is -2.14. The predicted molar refractivity (Wildman–Crippen MR) is 244 cm³/mol. The summed E-state index contributed by atoms with van der Waals surface area (Å²) in [5, 5.41) is 48.6. The summed E-state index contributed by atoms with van der Waals surface area (Å²) in [7, 11) is 1.41. The van der Waals surface area contributed by atoms with Crippen molar-refractivity contribution in [2.24, 2.45) is 23.7 Å². The second-order valence-electron chi connectivity index (χ2n) is 17.4. The summed E-state index contributed by atoms with van der Waals surface area (Å²) in [5.41, 5.74) is -1.74. The standard InChI is InChI=1S/C48H64N2O15S/c1-24-16-15-17-25(2)47(61)50-37-41(58)35-34(42(59)45(37)66-23-20-32(52)49-21-14-12-10-11-13-18-33(53)54)36-44(29(6)40(35)57)65-48(8,46(36)60)63-22-19-31(62-9)26(3)43(64-30(7)51)28(5)39(56)27(4)38(24)55/h15-17,19,22,24,26-28,31,38-39,43,55-57H,10-14,18,20-21,23H2,1-9H3,(H,49,52)(H,50,61)(H,53,54)/b16-15+,22-19+,25-17-/t24-,26+,27+,28+,31-,38-,39+,43+,48-/m0/s1. The van der Waals surface area contributed by atoms with Crippen molar-refractivity contribution in [1.82, 2.24) is 10.6 Å². The highest BCUT2D eigenvalue weighted by atomic mass is 32.2. The number of aromatic hydroxyl groups is 1. The molecule has 0 saturated carbocycles. The number of aliphatic hydroxyl groups excluding tert-OH is 2. The molecule has 0 spiro atoms. The number of aliphatic carboxylic acids is 1. The molecule has 0 saturated heterocycles. The number of benzene rings is 1. The Balaban J connectivity index is 1.75. The Bertz CT molecular complexity index is 2180. The van der Waals surface area contributed by atoms with Gasteiger partial charge in [-0.3, -0.25) is 33.6 Å². The van der Waals surface area contributed by atoms with Crippen LogP contribution in [0.1, 0.15) is 130 Å². The van der Waals surface area contributed by atoms with Crippen molar-refractivity contribution in [2.75, 3.05) is 19.4 Å². The lowest BCUT2D eigenvalue weighted by molar-refractivity contribution is -0.160. The largest absolute Gasteiger partial charge is 0.507 e. The van der Waals surface area contributed by atoms with Crippen molar-refractivity contribution in [1.29, 1.82) is 0 Å². The number of Topliss-reactive ketones (excluding diaryl/α,β-unsaturated/α-hetero) is 3. The Morgan fingerprint density at radius 3 is 2.20 bits per heavy atom. The number of thioether (sulfide) groups is 1. The van der Waals surface area contributed by atoms with E-state index in [2.05, 4.69) is 10.6 Å². The third-order valence-corrected chi connectivity index (χ3v) is 13.5. The molecule has 2 amide bonds. The monoisotopic (exact) mass is 940 g/mol. The number of unbranched alkanes of at least 4 members (excludes halogenated alkanes) is 4. The molecular weight excluding hydrogens is 877 g/mol. The first-order chi connectivity index (χ1) is 31.1. The number of nitrogens with one attached hydrogen (secondary N) is 2. The molecule has 1 aromatic carbocycles. The number of carbonyl (C=O) groups is 7. The molecule has 18 heteroatoms. The van der Waals surface area contributed by atoms with Crippen LogP contribution in [0.5, 0.6) is 11.5 Å². The molecule has 17 nitrogen and oxygen atoms in total. The number of carboxylic acid groups (broad SMARTS) is 1. The number of allylic oxidation sites excluding steroid dienone is 4. The number of hydrogen-bond donors (Lipinski definition) is 6. The highest BCUT2D eigenvalue weighted by Crippen LogP contribution is 2.49. The van der Waals surface area contributed by atoms with Gasteiger partial charge in [-0.25, -0.2) is 0 Å².